The van der Waals surface area contributed by atoms with E-state index in [1.807, 2.05) is 0 Å². The lowest BCUT2D eigenvalue weighted by Crippen LogP contribution is -2.36. The van der Waals surface area contributed by atoms with Crippen molar-refractivity contribution in [2.24, 2.45) is 10.4 Å². The Morgan fingerprint density at radius 3 is 2.78 bits per heavy atom. The van der Waals surface area contributed by atoms with Gasteiger partial charge in [0, 0.05) is 37.8 Å². The first kappa shape index (κ1) is 21.9. The molecular formula is C21H24N6O4S. The molecule has 2 fully saturated rings. The van der Waals surface area contributed by atoms with Crippen LogP contribution in [0.1, 0.15) is 24.0 Å². The van der Waals surface area contributed by atoms with Gasteiger partial charge in [-0.2, -0.15) is 9.40 Å². The number of nitrogens with one attached hydrogen (secondary N) is 3. The molecule has 10 nitrogen and oxygen atoms in total. The molecule has 2 aromatic rings. The first-order chi connectivity index (χ1) is 15.3. The van der Waals surface area contributed by atoms with E-state index in [1.165, 1.54) is 28.7 Å². The molecule has 168 valence electrons. The van der Waals surface area contributed by atoms with E-state index >= 15 is 0 Å². The largest absolute Gasteiger partial charge is 0.356 e. The third kappa shape index (κ3) is 4.21. The number of aliphatic imine (C=N–C) groups is 1. The fourth-order valence-corrected chi connectivity index (χ4v) is 5.55. The minimum atomic E-state index is -3.68. The lowest BCUT2D eigenvalue weighted by Gasteiger charge is -2.21. The summed E-state index contributed by atoms with van der Waals surface area (Å²) < 4.78 is 27.4. The van der Waals surface area contributed by atoms with Crippen LogP contribution in [0.15, 0.2) is 46.4 Å². The van der Waals surface area contributed by atoms with Crippen molar-refractivity contribution in [1.29, 1.82) is 0 Å². The quantitative estimate of drug-likeness (QED) is 0.421. The van der Waals surface area contributed by atoms with Gasteiger partial charge < -0.3 is 10.6 Å². The molecule has 0 aliphatic carbocycles. The summed E-state index contributed by atoms with van der Waals surface area (Å²) in [5, 5.41) is 12.0. The van der Waals surface area contributed by atoms with Crippen molar-refractivity contribution >= 4 is 40.4 Å². The molecule has 1 spiro atoms. The number of hydrogen-bond donors (Lipinski definition) is 3. The van der Waals surface area contributed by atoms with Gasteiger partial charge in [-0.15, -0.1) is 0 Å². The van der Waals surface area contributed by atoms with Gasteiger partial charge in [0.2, 0.25) is 21.8 Å². The van der Waals surface area contributed by atoms with E-state index in [-0.39, 0.29) is 29.8 Å². The maximum atomic E-state index is 13.0. The molecule has 1 unspecified atom stereocenters. The number of sulfonamides is 1. The molecule has 0 saturated carbocycles. The molecule has 2 aliphatic rings. The zero-order chi connectivity index (χ0) is 22.8. The van der Waals surface area contributed by atoms with Crippen LogP contribution in [0.5, 0.6) is 0 Å². The van der Waals surface area contributed by atoms with Crippen LogP contribution in [-0.2, 0) is 26.2 Å². The van der Waals surface area contributed by atoms with Crippen molar-refractivity contribution in [1.82, 2.24) is 25.1 Å². The number of nitrogens with zero attached hydrogens (tertiary/aromatic N) is 3. The second-order valence-corrected chi connectivity index (χ2v) is 9.84. The van der Waals surface area contributed by atoms with Gasteiger partial charge in [-0.3, -0.25) is 14.7 Å². The number of benzene rings is 1. The summed E-state index contributed by atoms with van der Waals surface area (Å²) in [6.07, 6.45) is 5.68. The van der Waals surface area contributed by atoms with Crippen molar-refractivity contribution in [3.63, 3.8) is 0 Å². The van der Waals surface area contributed by atoms with Crippen LogP contribution in [0.2, 0.25) is 0 Å². The Labute approximate surface area is 185 Å². The standard InChI is InChI=1S/C21H24N6O4S/c1-22-19-16(13-25-26-19)4-7-18(28)24-12-15-2-5-17(6-3-15)32(30,31)27-11-9-21(14-27)8-10-23-20(21)29/h2-7,13H,1,8-12,14H2,(H,23,29)(H,24,28)(H,25,26)/b7-4+. The minimum Gasteiger partial charge on any atom is -0.356 e. The van der Waals surface area contributed by atoms with Gasteiger partial charge in [-0.1, -0.05) is 12.1 Å². The number of carbonyl (C=O) groups excluding carboxylic acids is 2. The molecule has 4 rings (SSSR count). The number of amides is 2. The summed E-state index contributed by atoms with van der Waals surface area (Å²) >= 11 is 0. The van der Waals surface area contributed by atoms with E-state index in [0.717, 1.165) is 5.56 Å². The molecule has 1 aromatic carbocycles. The highest BCUT2D eigenvalue weighted by Crippen LogP contribution is 2.39. The van der Waals surface area contributed by atoms with Crippen molar-refractivity contribution in [2.45, 2.75) is 24.3 Å². The van der Waals surface area contributed by atoms with Crippen molar-refractivity contribution < 1.29 is 18.0 Å². The van der Waals surface area contributed by atoms with Gasteiger partial charge in [0.25, 0.3) is 0 Å². The summed E-state index contributed by atoms with van der Waals surface area (Å²) in [5.41, 5.74) is 0.808. The Morgan fingerprint density at radius 1 is 1.31 bits per heavy atom. The lowest BCUT2D eigenvalue weighted by molar-refractivity contribution is -0.126. The van der Waals surface area contributed by atoms with Crippen LogP contribution < -0.4 is 10.6 Å². The fraction of sp³-hybridized carbons (Fsp3) is 0.333. The van der Waals surface area contributed by atoms with E-state index in [4.69, 9.17) is 0 Å². The number of aromatic nitrogens is 2. The minimum absolute atomic E-state index is 0.0555. The molecule has 32 heavy (non-hydrogen) atoms. The Hall–Kier alpha value is -3.31. The molecule has 11 heteroatoms. The second kappa shape index (κ2) is 8.67. The summed E-state index contributed by atoms with van der Waals surface area (Å²) in [5.74, 6) is 0.110. The van der Waals surface area contributed by atoms with Gasteiger partial charge in [0.15, 0.2) is 5.82 Å². The van der Waals surface area contributed by atoms with Crippen LogP contribution in [0.4, 0.5) is 5.82 Å². The molecule has 3 heterocycles. The van der Waals surface area contributed by atoms with Crippen molar-refractivity contribution in [2.75, 3.05) is 19.6 Å². The summed E-state index contributed by atoms with van der Waals surface area (Å²) in [6.45, 7) is 4.80. The molecule has 2 amide bonds. The lowest BCUT2D eigenvalue weighted by atomic mass is 9.86. The monoisotopic (exact) mass is 456 g/mol. The molecule has 0 bridgehead atoms. The van der Waals surface area contributed by atoms with Crippen molar-refractivity contribution in [3.8, 4) is 0 Å². The highest BCUT2D eigenvalue weighted by atomic mass is 32.2. The van der Waals surface area contributed by atoms with Gasteiger partial charge >= 0.3 is 0 Å². The first-order valence-corrected chi connectivity index (χ1v) is 11.6. The average Bonchev–Trinajstić information content (AvgIpc) is 3.52. The third-order valence-corrected chi connectivity index (χ3v) is 7.80. The molecule has 1 atom stereocenters. The third-order valence-electron chi connectivity index (χ3n) is 5.94. The summed E-state index contributed by atoms with van der Waals surface area (Å²) in [6, 6.07) is 6.39. The highest BCUT2D eigenvalue weighted by Gasteiger charge is 2.50. The molecule has 2 aliphatic heterocycles. The van der Waals surface area contributed by atoms with Gasteiger partial charge in [-0.25, -0.2) is 13.4 Å². The maximum absolute atomic E-state index is 13.0. The van der Waals surface area contributed by atoms with Crippen LogP contribution in [0.25, 0.3) is 6.08 Å². The number of hydrogen-bond acceptors (Lipinski definition) is 6. The van der Waals surface area contributed by atoms with E-state index < -0.39 is 15.4 Å². The van der Waals surface area contributed by atoms with E-state index in [1.54, 1.807) is 18.2 Å². The Morgan fingerprint density at radius 2 is 2.09 bits per heavy atom. The first-order valence-electron chi connectivity index (χ1n) is 10.2. The average molecular weight is 457 g/mol. The number of rotatable bonds is 7. The van der Waals surface area contributed by atoms with E-state index in [2.05, 4.69) is 32.5 Å². The van der Waals surface area contributed by atoms with E-state index in [0.29, 0.717) is 37.3 Å². The number of carbonyl (C=O) groups is 2. The van der Waals surface area contributed by atoms with Crippen LogP contribution in [0.3, 0.4) is 0 Å². The van der Waals surface area contributed by atoms with Crippen LogP contribution in [0, 0.1) is 5.41 Å². The molecule has 1 aromatic heterocycles. The molecule has 2 saturated heterocycles. The van der Waals surface area contributed by atoms with E-state index in [9.17, 15) is 18.0 Å². The normalized spacial score (nSPS) is 21.3. The Bertz CT molecular complexity index is 1170. The van der Waals surface area contributed by atoms with Crippen molar-refractivity contribution in [3.05, 3.63) is 47.7 Å². The number of aromatic amines is 1. The highest BCUT2D eigenvalue weighted by molar-refractivity contribution is 7.89. The smallest absolute Gasteiger partial charge is 0.244 e. The van der Waals surface area contributed by atoms with Gasteiger partial charge in [0.05, 0.1) is 16.5 Å². The zero-order valence-electron chi connectivity index (χ0n) is 17.4. The van der Waals surface area contributed by atoms with Crippen LogP contribution in [-0.4, -0.2) is 61.1 Å². The molecular weight excluding hydrogens is 432 g/mol. The maximum Gasteiger partial charge on any atom is 0.244 e. The summed E-state index contributed by atoms with van der Waals surface area (Å²) in [4.78, 5) is 28.1. The number of H-pyrrole nitrogens is 1. The predicted molar refractivity (Wildman–Crippen MR) is 119 cm³/mol. The fourth-order valence-electron chi connectivity index (χ4n) is 4.02. The molecule has 0 radical (unpaired) electrons. The topological polar surface area (TPSA) is 137 Å². The summed E-state index contributed by atoms with van der Waals surface area (Å²) in [7, 11) is -3.68. The predicted octanol–water partition coefficient (Wildman–Crippen LogP) is 0.972. The van der Waals surface area contributed by atoms with Gasteiger partial charge in [-0.05, 0) is 43.3 Å². The Balaban J connectivity index is 1.35. The SMILES string of the molecule is C=Nc1[nH]ncc1/C=C/C(=O)NCc1ccc(S(=O)(=O)N2CCC3(CCNC3=O)C2)cc1. The zero-order valence-corrected chi connectivity index (χ0v) is 18.2. The Kier molecular flexibility index (Phi) is 5.94. The second-order valence-electron chi connectivity index (χ2n) is 7.90. The van der Waals surface area contributed by atoms with Crippen LogP contribution >= 0.6 is 0 Å². The van der Waals surface area contributed by atoms with Gasteiger partial charge in [0.1, 0.15) is 0 Å². The molecule has 3 N–H and O–H groups in total.